The molecule has 3 aromatic rings. The van der Waals surface area contributed by atoms with Gasteiger partial charge in [-0.3, -0.25) is 19.4 Å². The van der Waals surface area contributed by atoms with E-state index in [1.165, 1.54) is 6.08 Å². The van der Waals surface area contributed by atoms with E-state index in [2.05, 4.69) is 19.7 Å². The maximum atomic E-state index is 13.3. The molecule has 0 aliphatic carbocycles. The van der Waals surface area contributed by atoms with Gasteiger partial charge in [-0.2, -0.15) is 0 Å². The van der Waals surface area contributed by atoms with E-state index in [4.69, 9.17) is 4.74 Å². The van der Waals surface area contributed by atoms with Gasteiger partial charge in [-0.05, 0) is 60.4 Å². The van der Waals surface area contributed by atoms with E-state index in [1.807, 2.05) is 91.9 Å². The van der Waals surface area contributed by atoms with Gasteiger partial charge in [0.1, 0.15) is 5.76 Å². The molecule has 1 fully saturated rings. The molecule has 5 heteroatoms. The zero-order valence-corrected chi connectivity index (χ0v) is 22.0. The summed E-state index contributed by atoms with van der Waals surface area (Å²) in [6, 6.07) is 23.6. The fourth-order valence-corrected chi connectivity index (χ4v) is 4.92. The summed E-state index contributed by atoms with van der Waals surface area (Å²) in [7, 11) is 0. The first-order chi connectivity index (χ1) is 18.9. The van der Waals surface area contributed by atoms with Crippen molar-refractivity contribution >= 4 is 35.0 Å². The highest BCUT2D eigenvalue weighted by atomic mass is 16.5. The second-order valence-electron chi connectivity index (χ2n) is 9.57. The van der Waals surface area contributed by atoms with Gasteiger partial charge in [-0.15, -0.1) is 0 Å². The molecule has 0 bridgehead atoms. The Morgan fingerprint density at radius 3 is 2.10 bits per heavy atom. The summed E-state index contributed by atoms with van der Waals surface area (Å²) in [5.74, 6) is 0.227. The molecule has 0 radical (unpaired) electrons. The number of carbonyl (C=O) groups excluding carboxylic acids is 2. The van der Waals surface area contributed by atoms with E-state index in [9.17, 15) is 9.59 Å². The van der Waals surface area contributed by atoms with E-state index in [0.29, 0.717) is 23.6 Å². The first-order valence-corrected chi connectivity index (χ1v) is 12.8. The number of carbonyl (C=O) groups is 2. The lowest BCUT2D eigenvalue weighted by Gasteiger charge is -2.19. The van der Waals surface area contributed by atoms with Crippen LogP contribution in [-0.2, 0) is 20.7 Å². The molecule has 3 aromatic carbocycles. The van der Waals surface area contributed by atoms with E-state index in [1.54, 1.807) is 15.9 Å². The van der Waals surface area contributed by atoms with Gasteiger partial charge in [0.15, 0.2) is 6.10 Å². The van der Waals surface area contributed by atoms with Gasteiger partial charge < -0.3 is 4.74 Å². The van der Waals surface area contributed by atoms with Crippen LogP contribution in [0.4, 0.5) is 11.4 Å². The van der Waals surface area contributed by atoms with Gasteiger partial charge >= 0.3 is 0 Å². The third kappa shape index (κ3) is 5.25. The third-order valence-corrected chi connectivity index (χ3v) is 6.85. The smallest absolute Gasteiger partial charge is 0.272 e. The minimum Gasteiger partial charge on any atom is -0.480 e. The Hall–Kier alpha value is -4.90. The average molecular weight is 515 g/mol. The minimum absolute atomic E-state index is 0.0863. The molecular formula is C34H30N2O3. The highest BCUT2D eigenvalue weighted by molar-refractivity contribution is 6.08. The van der Waals surface area contributed by atoms with Crippen molar-refractivity contribution in [3.63, 3.8) is 0 Å². The number of anilines is 2. The lowest BCUT2D eigenvalue weighted by Crippen LogP contribution is -2.29. The van der Waals surface area contributed by atoms with E-state index in [0.717, 1.165) is 40.0 Å². The number of nitrogens with zero attached hydrogens (tertiary/aromatic N) is 2. The molecule has 0 saturated carbocycles. The number of amides is 2. The number of rotatable bonds is 8. The maximum Gasteiger partial charge on any atom is 0.272 e. The predicted molar refractivity (Wildman–Crippen MR) is 158 cm³/mol. The van der Waals surface area contributed by atoms with Crippen molar-refractivity contribution in [2.24, 2.45) is 0 Å². The molecule has 5 rings (SSSR count). The Balaban J connectivity index is 1.24. The van der Waals surface area contributed by atoms with Crippen molar-refractivity contribution in [2.45, 2.75) is 25.9 Å². The highest BCUT2D eigenvalue weighted by Gasteiger charge is 2.37. The fourth-order valence-electron chi connectivity index (χ4n) is 4.92. The van der Waals surface area contributed by atoms with Gasteiger partial charge in [0, 0.05) is 40.8 Å². The normalized spacial score (nSPS) is 17.1. The maximum absolute atomic E-state index is 13.3. The first-order valence-electron chi connectivity index (χ1n) is 12.8. The largest absolute Gasteiger partial charge is 0.480 e. The van der Waals surface area contributed by atoms with Gasteiger partial charge in [0.2, 0.25) is 0 Å². The fraction of sp³-hybridized carbons (Fsp3) is 0.118. The van der Waals surface area contributed by atoms with Crippen LogP contribution in [0, 0.1) is 0 Å². The molecule has 5 nitrogen and oxygen atoms in total. The van der Waals surface area contributed by atoms with Crippen molar-refractivity contribution in [3.8, 4) is 0 Å². The molecule has 194 valence electrons. The molecule has 2 amide bonds. The molecule has 39 heavy (non-hydrogen) atoms. The Labute approximate surface area is 229 Å². The van der Waals surface area contributed by atoms with Crippen LogP contribution in [0.1, 0.15) is 35.6 Å². The summed E-state index contributed by atoms with van der Waals surface area (Å²) in [6.07, 6.45) is 7.64. The highest BCUT2D eigenvalue weighted by Crippen LogP contribution is 2.33. The lowest BCUT2D eigenvalue weighted by atomic mass is 10.0. The number of benzene rings is 3. The van der Waals surface area contributed by atoms with Crippen LogP contribution in [0.2, 0.25) is 0 Å². The van der Waals surface area contributed by atoms with E-state index >= 15 is 0 Å². The quantitative estimate of drug-likeness (QED) is 0.303. The topological polar surface area (TPSA) is 49.9 Å². The van der Waals surface area contributed by atoms with E-state index in [-0.39, 0.29) is 11.8 Å². The van der Waals surface area contributed by atoms with Gasteiger partial charge in [-0.25, -0.2) is 0 Å². The van der Waals surface area contributed by atoms with Crippen molar-refractivity contribution < 1.29 is 14.3 Å². The predicted octanol–water partition coefficient (Wildman–Crippen LogP) is 7.03. The van der Waals surface area contributed by atoms with Gasteiger partial charge in [0.25, 0.3) is 11.8 Å². The van der Waals surface area contributed by atoms with Crippen molar-refractivity contribution in [1.29, 1.82) is 0 Å². The monoisotopic (exact) mass is 514 g/mol. The van der Waals surface area contributed by atoms with Crippen LogP contribution in [0.15, 0.2) is 122 Å². The van der Waals surface area contributed by atoms with Crippen molar-refractivity contribution in [3.05, 3.63) is 144 Å². The molecule has 2 aliphatic rings. The molecular weight excluding hydrogens is 484 g/mol. The van der Waals surface area contributed by atoms with Gasteiger partial charge in [0.05, 0.1) is 0 Å². The number of ether oxygens (including phenoxy) is 1. The van der Waals surface area contributed by atoms with Gasteiger partial charge in [-0.1, -0.05) is 80.4 Å². The zero-order chi connectivity index (χ0) is 27.5. The molecule has 2 heterocycles. The summed E-state index contributed by atoms with van der Waals surface area (Å²) in [5.41, 5.74) is 6.98. The summed E-state index contributed by atoms with van der Waals surface area (Å²) >= 11 is 0. The summed E-state index contributed by atoms with van der Waals surface area (Å²) in [5, 5.41) is 0. The van der Waals surface area contributed by atoms with Crippen LogP contribution in [0.25, 0.3) is 11.8 Å². The Bertz CT molecular complexity index is 1510. The van der Waals surface area contributed by atoms with Crippen LogP contribution < -0.4 is 9.80 Å². The zero-order valence-electron chi connectivity index (χ0n) is 22.0. The van der Waals surface area contributed by atoms with E-state index < -0.39 is 6.10 Å². The molecule has 0 aromatic heterocycles. The Kier molecular flexibility index (Phi) is 7.15. The summed E-state index contributed by atoms with van der Waals surface area (Å²) in [6.45, 7) is 14.1. The molecule has 2 aliphatic heterocycles. The Morgan fingerprint density at radius 1 is 0.897 bits per heavy atom. The second-order valence-corrected chi connectivity index (χ2v) is 9.57. The average Bonchev–Trinajstić information content (AvgIpc) is 3.41. The molecule has 0 N–H and O–H groups in total. The third-order valence-electron chi connectivity index (χ3n) is 6.85. The van der Waals surface area contributed by atoms with Crippen molar-refractivity contribution in [1.82, 2.24) is 0 Å². The van der Waals surface area contributed by atoms with Crippen LogP contribution in [0.5, 0.6) is 0 Å². The lowest BCUT2D eigenvalue weighted by molar-refractivity contribution is -0.123. The minimum atomic E-state index is -0.671. The standard InChI is InChI=1S/C34H30N2O3/c1-5-8-28-9-6-7-10-31(28)25(4)39-32-21-24(3)36(34(32)38)30-18-14-27(15-19-30)22-26-12-16-29(17-13-26)35-23(2)11-20-33(35)37/h5-20,32H,2-4,21-22H2,1H3/b8-5-. The summed E-state index contributed by atoms with van der Waals surface area (Å²) in [4.78, 5) is 28.6. The summed E-state index contributed by atoms with van der Waals surface area (Å²) < 4.78 is 6.07. The molecule has 1 atom stereocenters. The number of hydrogen-bond donors (Lipinski definition) is 0. The number of hydrogen-bond acceptors (Lipinski definition) is 3. The van der Waals surface area contributed by atoms with Crippen LogP contribution >= 0.6 is 0 Å². The van der Waals surface area contributed by atoms with Crippen LogP contribution in [-0.4, -0.2) is 17.9 Å². The second kappa shape index (κ2) is 10.8. The molecule has 0 spiro atoms. The SMILES string of the molecule is C=C(OC1CC(=C)N(c2ccc(Cc3ccc(N4C(=C)C=CC4=O)cc3)cc2)C1=O)c1ccccc1/C=C\C. The van der Waals surface area contributed by atoms with Crippen LogP contribution in [0.3, 0.4) is 0 Å². The van der Waals surface area contributed by atoms with Crippen molar-refractivity contribution in [2.75, 3.05) is 9.80 Å². The molecule has 1 saturated heterocycles. The number of allylic oxidation sites excluding steroid dienone is 2. The molecule has 1 unspecified atom stereocenters. The Morgan fingerprint density at radius 2 is 1.51 bits per heavy atom. The first kappa shape index (κ1) is 25.7.